The standard InChI is InChI=1S/C15H20ClN5O3/c16-13-17-14(20-9-1-2-10(20)4-22-3-9)19-15(18-13)21-11-5-23-7-12(21)8-24-6-11/h9-12H,1-8H2. The van der Waals surface area contributed by atoms with Gasteiger partial charge in [-0.25, -0.2) is 0 Å². The molecule has 4 bridgehead atoms. The minimum absolute atomic E-state index is 0.130. The Labute approximate surface area is 145 Å². The van der Waals surface area contributed by atoms with E-state index in [0.717, 1.165) is 26.1 Å². The summed E-state index contributed by atoms with van der Waals surface area (Å²) in [4.78, 5) is 18.1. The quantitative estimate of drug-likeness (QED) is 0.761. The van der Waals surface area contributed by atoms with Gasteiger partial charge in [-0.1, -0.05) is 0 Å². The van der Waals surface area contributed by atoms with Gasteiger partial charge in [-0.05, 0) is 24.4 Å². The second-order valence-corrected chi connectivity index (χ2v) is 7.16. The maximum absolute atomic E-state index is 6.25. The molecule has 0 radical (unpaired) electrons. The zero-order valence-corrected chi connectivity index (χ0v) is 14.1. The Bertz CT molecular complexity index is 597. The monoisotopic (exact) mass is 353 g/mol. The van der Waals surface area contributed by atoms with Crippen LogP contribution in [0.5, 0.6) is 0 Å². The number of aromatic nitrogens is 3. The fourth-order valence-corrected chi connectivity index (χ4v) is 4.39. The van der Waals surface area contributed by atoms with Crippen LogP contribution in [0, 0.1) is 0 Å². The van der Waals surface area contributed by atoms with Crippen molar-refractivity contribution in [2.45, 2.75) is 37.0 Å². The van der Waals surface area contributed by atoms with Crippen LogP contribution in [0.25, 0.3) is 0 Å². The molecule has 0 spiro atoms. The molecule has 0 amide bonds. The Morgan fingerprint density at radius 1 is 0.667 bits per heavy atom. The second-order valence-electron chi connectivity index (χ2n) is 6.82. The molecule has 4 fully saturated rings. The molecule has 2 unspecified atom stereocenters. The van der Waals surface area contributed by atoms with Crippen molar-refractivity contribution >= 4 is 23.5 Å². The zero-order valence-electron chi connectivity index (χ0n) is 13.3. The molecule has 0 aliphatic carbocycles. The Morgan fingerprint density at radius 2 is 1.08 bits per heavy atom. The minimum atomic E-state index is 0.130. The molecule has 5 heterocycles. The van der Waals surface area contributed by atoms with Crippen molar-refractivity contribution < 1.29 is 14.2 Å². The van der Waals surface area contributed by atoms with Gasteiger partial charge in [-0.15, -0.1) is 0 Å². The van der Waals surface area contributed by atoms with Crippen LogP contribution in [0.3, 0.4) is 0 Å². The lowest BCUT2D eigenvalue weighted by Gasteiger charge is -2.45. The normalized spacial score (nSPS) is 35.4. The number of ether oxygens (including phenoxy) is 3. The first-order valence-corrected chi connectivity index (χ1v) is 8.89. The first-order chi connectivity index (χ1) is 11.8. The van der Waals surface area contributed by atoms with Gasteiger partial charge < -0.3 is 24.0 Å². The van der Waals surface area contributed by atoms with Gasteiger partial charge in [0.25, 0.3) is 0 Å². The molecule has 8 nitrogen and oxygen atoms in total. The Morgan fingerprint density at radius 3 is 1.58 bits per heavy atom. The van der Waals surface area contributed by atoms with Gasteiger partial charge in [-0.2, -0.15) is 15.0 Å². The Kier molecular flexibility index (Phi) is 3.73. The SMILES string of the molecule is Clc1nc(N2C3CCC2COC3)nc(N2C3COCC2COC3)n1. The molecule has 130 valence electrons. The number of nitrogens with zero attached hydrogens (tertiary/aromatic N) is 5. The number of hydrogen-bond acceptors (Lipinski definition) is 8. The van der Waals surface area contributed by atoms with E-state index in [4.69, 9.17) is 30.8 Å². The van der Waals surface area contributed by atoms with Crippen LogP contribution in [0.15, 0.2) is 0 Å². The highest BCUT2D eigenvalue weighted by Crippen LogP contribution is 2.34. The van der Waals surface area contributed by atoms with E-state index < -0.39 is 0 Å². The molecule has 2 atom stereocenters. The number of morpholine rings is 3. The molecule has 5 rings (SSSR count). The highest BCUT2D eigenvalue weighted by molar-refractivity contribution is 6.28. The third-order valence-corrected chi connectivity index (χ3v) is 5.48. The van der Waals surface area contributed by atoms with Gasteiger partial charge >= 0.3 is 0 Å². The Hall–Kier alpha value is -1.22. The summed E-state index contributed by atoms with van der Waals surface area (Å²) in [5.41, 5.74) is 0. The predicted molar refractivity (Wildman–Crippen MR) is 86.6 cm³/mol. The summed E-state index contributed by atoms with van der Waals surface area (Å²) < 4.78 is 17.0. The van der Waals surface area contributed by atoms with E-state index in [1.807, 2.05) is 0 Å². The van der Waals surface area contributed by atoms with Crippen molar-refractivity contribution in [2.75, 3.05) is 49.4 Å². The van der Waals surface area contributed by atoms with E-state index >= 15 is 0 Å². The van der Waals surface area contributed by atoms with E-state index in [1.165, 1.54) is 0 Å². The number of hydrogen-bond donors (Lipinski definition) is 0. The molecular formula is C15H20ClN5O3. The topological polar surface area (TPSA) is 72.8 Å². The maximum Gasteiger partial charge on any atom is 0.232 e. The third kappa shape index (κ3) is 2.44. The zero-order chi connectivity index (χ0) is 16.1. The molecule has 4 saturated heterocycles. The molecule has 1 aromatic heterocycles. The predicted octanol–water partition coefficient (Wildman–Crippen LogP) is 0.497. The fourth-order valence-electron chi connectivity index (χ4n) is 4.24. The van der Waals surface area contributed by atoms with Gasteiger partial charge in [0.1, 0.15) is 0 Å². The molecular weight excluding hydrogens is 334 g/mol. The Balaban J connectivity index is 1.50. The number of anilines is 2. The van der Waals surface area contributed by atoms with Crippen molar-refractivity contribution in [1.29, 1.82) is 0 Å². The molecule has 9 heteroatoms. The van der Waals surface area contributed by atoms with Gasteiger partial charge in [0.15, 0.2) is 0 Å². The summed E-state index contributed by atoms with van der Waals surface area (Å²) in [6.45, 7) is 3.95. The van der Waals surface area contributed by atoms with Gasteiger partial charge in [0, 0.05) is 0 Å². The van der Waals surface area contributed by atoms with Crippen molar-refractivity contribution in [2.24, 2.45) is 0 Å². The molecule has 1 aromatic rings. The number of fused-ring (bicyclic) bond motifs is 4. The molecule has 24 heavy (non-hydrogen) atoms. The second kappa shape index (κ2) is 5.94. The van der Waals surface area contributed by atoms with Crippen LogP contribution in [-0.2, 0) is 14.2 Å². The van der Waals surface area contributed by atoms with E-state index in [9.17, 15) is 0 Å². The first kappa shape index (κ1) is 15.1. The third-order valence-electron chi connectivity index (χ3n) is 5.31. The number of rotatable bonds is 2. The summed E-state index contributed by atoms with van der Waals surface area (Å²) in [7, 11) is 0. The van der Waals surface area contributed by atoms with Crippen LogP contribution in [0.2, 0.25) is 5.28 Å². The minimum Gasteiger partial charge on any atom is -0.377 e. The van der Waals surface area contributed by atoms with Gasteiger partial charge in [-0.3, -0.25) is 0 Å². The molecule has 4 aliphatic heterocycles. The lowest BCUT2D eigenvalue weighted by Crippen LogP contribution is -2.60. The van der Waals surface area contributed by atoms with E-state index in [2.05, 4.69) is 19.8 Å². The van der Waals surface area contributed by atoms with Crippen LogP contribution in [0.4, 0.5) is 11.9 Å². The van der Waals surface area contributed by atoms with Crippen molar-refractivity contribution in [3.05, 3.63) is 5.28 Å². The summed E-state index contributed by atoms with van der Waals surface area (Å²) >= 11 is 6.25. The van der Waals surface area contributed by atoms with Gasteiger partial charge in [0.05, 0.1) is 63.8 Å². The molecule has 0 N–H and O–H groups in total. The van der Waals surface area contributed by atoms with E-state index in [-0.39, 0.29) is 17.4 Å². The maximum atomic E-state index is 6.25. The van der Waals surface area contributed by atoms with Crippen LogP contribution in [0.1, 0.15) is 12.8 Å². The van der Waals surface area contributed by atoms with Crippen molar-refractivity contribution in [3.63, 3.8) is 0 Å². The van der Waals surface area contributed by atoms with Crippen molar-refractivity contribution in [3.8, 4) is 0 Å². The van der Waals surface area contributed by atoms with E-state index in [1.54, 1.807) is 0 Å². The lowest BCUT2D eigenvalue weighted by molar-refractivity contribution is -0.0355. The molecule has 0 aromatic carbocycles. The van der Waals surface area contributed by atoms with E-state index in [0.29, 0.717) is 50.4 Å². The summed E-state index contributed by atoms with van der Waals surface area (Å²) in [6.07, 6.45) is 2.22. The average molecular weight is 354 g/mol. The highest BCUT2D eigenvalue weighted by atomic mass is 35.5. The molecule has 0 saturated carbocycles. The summed E-state index contributed by atoms with van der Waals surface area (Å²) in [6, 6.07) is 0.931. The average Bonchev–Trinajstić information content (AvgIpc) is 2.82. The smallest absolute Gasteiger partial charge is 0.232 e. The highest BCUT2D eigenvalue weighted by Gasteiger charge is 2.41. The van der Waals surface area contributed by atoms with Crippen LogP contribution < -0.4 is 9.80 Å². The number of halogens is 1. The molecule has 4 aliphatic rings. The fraction of sp³-hybridized carbons (Fsp3) is 0.800. The largest absolute Gasteiger partial charge is 0.377 e. The summed E-state index contributed by atoms with van der Waals surface area (Å²) in [5.74, 6) is 1.31. The lowest BCUT2D eigenvalue weighted by atomic mass is 10.1. The van der Waals surface area contributed by atoms with Crippen LogP contribution >= 0.6 is 11.6 Å². The summed E-state index contributed by atoms with van der Waals surface area (Å²) in [5, 5.41) is 0.242. The first-order valence-electron chi connectivity index (χ1n) is 8.51. The van der Waals surface area contributed by atoms with Crippen molar-refractivity contribution in [1.82, 2.24) is 15.0 Å². The van der Waals surface area contributed by atoms with Crippen LogP contribution in [-0.4, -0.2) is 78.8 Å². The van der Waals surface area contributed by atoms with Gasteiger partial charge in [0.2, 0.25) is 17.2 Å².